The van der Waals surface area contributed by atoms with Gasteiger partial charge in [0.05, 0.1) is 24.5 Å². The quantitative estimate of drug-likeness (QED) is 0.666. The lowest BCUT2D eigenvalue weighted by Gasteiger charge is -2.28. The minimum Gasteiger partial charge on any atom is -0.378 e. The maximum absolute atomic E-state index is 9.74. The number of thiophene rings is 1. The predicted molar refractivity (Wildman–Crippen MR) is 102 cm³/mol. The van der Waals surface area contributed by atoms with Crippen LogP contribution >= 0.6 is 11.3 Å². The molecule has 3 aromatic rings. The van der Waals surface area contributed by atoms with E-state index >= 15 is 0 Å². The lowest BCUT2D eigenvalue weighted by molar-refractivity contribution is 0.122. The summed E-state index contributed by atoms with van der Waals surface area (Å²) in [6.45, 7) is 2.82. The Hall–Kier alpha value is -2.95. The Morgan fingerprint density at radius 3 is 2.65 bits per heavy atom. The van der Waals surface area contributed by atoms with E-state index in [9.17, 15) is 5.26 Å². The Kier molecular flexibility index (Phi) is 4.78. The van der Waals surface area contributed by atoms with Crippen LogP contribution in [0.15, 0.2) is 47.2 Å². The molecule has 0 unspecified atom stereocenters. The molecule has 0 N–H and O–H groups in total. The Morgan fingerprint density at radius 1 is 1.15 bits per heavy atom. The highest BCUT2D eigenvalue weighted by atomic mass is 32.1. The Labute approximate surface area is 155 Å². The number of rotatable bonds is 4. The first-order valence-electron chi connectivity index (χ1n) is 8.35. The van der Waals surface area contributed by atoms with Crippen molar-refractivity contribution in [3.63, 3.8) is 0 Å². The normalized spacial score (nSPS) is 15.0. The summed E-state index contributed by atoms with van der Waals surface area (Å²) in [4.78, 5) is 2.15. The van der Waals surface area contributed by atoms with E-state index in [1.54, 1.807) is 11.3 Å². The number of benzene rings is 1. The van der Waals surface area contributed by atoms with Crippen molar-refractivity contribution in [2.45, 2.75) is 0 Å². The molecular weight excluding hydrogens is 346 g/mol. The van der Waals surface area contributed by atoms with Crippen LogP contribution < -0.4 is 4.90 Å². The fourth-order valence-electron chi connectivity index (χ4n) is 2.90. The molecule has 1 aliphatic rings. The summed E-state index contributed by atoms with van der Waals surface area (Å²) in [5.41, 5.74) is 2.40. The number of hydrogen-bond donors (Lipinski definition) is 0. The number of hydrogen-bond acceptors (Lipinski definition) is 6. The molecule has 0 radical (unpaired) electrons. The summed E-state index contributed by atoms with van der Waals surface area (Å²) < 4.78 is 7.40. The smallest absolute Gasteiger partial charge is 0.232 e. The van der Waals surface area contributed by atoms with Gasteiger partial charge < -0.3 is 9.64 Å². The molecule has 26 heavy (non-hydrogen) atoms. The second-order valence-corrected chi connectivity index (χ2v) is 6.60. The van der Waals surface area contributed by atoms with Gasteiger partial charge in [-0.2, -0.15) is 16.6 Å². The van der Waals surface area contributed by atoms with E-state index in [0.717, 1.165) is 30.3 Å². The molecule has 2 aromatic heterocycles. The molecule has 0 amide bonds. The van der Waals surface area contributed by atoms with Gasteiger partial charge in [0.25, 0.3) is 0 Å². The molecule has 0 bridgehead atoms. The number of ether oxygens (including phenoxy) is 1. The third-order valence-corrected chi connectivity index (χ3v) is 4.87. The predicted octanol–water partition coefficient (Wildman–Crippen LogP) is 3.23. The number of nitriles is 1. The van der Waals surface area contributed by atoms with Gasteiger partial charge >= 0.3 is 0 Å². The summed E-state index contributed by atoms with van der Waals surface area (Å²) in [7, 11) is 0. The van der Waals surface area contributed by atoms with Crippen LogP contribution in [0.25, 0.3) is 17.3 Å². The van der Waals surface area contributed by atoms with Crippen LogP contribution in [0, 0.1) is 11.3 Å². The van der Waals surface area contributed by atoms with Gasteiger partial charge in [0.2, 0.25) is 5.95 Å². The zero-order valence-electron chi connectivity index (χ0n) is 14.1. The molecule has 3 heterocycles. The summed E-state index contributed by atoms with van der Waals surface area (Å²) >= 11 is 1.60. The maximum Gasteiger partial charge on any atom is 0.232 e. The van der Waals surface area contributed by atoms with Crippen molar-refractivity contribution >= 4 is 28.9 Å². The number of para-hydroxylation sites is 1. The van der Waals surface area contributed by atoms with Crippen LogP contribution in [0.5, 0.6) is 0 Å². The van der Waals surface area contributed by atoms with Crippen molar-refractivity contribution in [3.8, 4) is 11.8 Å². The van der Waals surface area contributed by atoms with Gasteiger partial charge in [-0.1, -0.05) is 18.2 Å². The van der Waals surface area contributed by atoms with Gasteiger partial charge in [0.1, 0.15) is 6.07 Å². The van der Waals surface area contributed by atoms with E-state index in [-0.39, 0.29) is 0 Å². The first kappa shape index (κ1) is 16.5. The highest BCUT2D eigenvalue weighted by Crippen LogP contribution is 2.26. The standard InChI is InChI=1S/C19H17N5OS/c20-13-16(12-15-6-11-26-14-15)18-21-22-19(23-7-9-25-10-8-23)24(18)17-4-2-1-3-5-17/h1-6,11-12,14H,7-10H2/b16-12+. The van der Waals surface area contributed by atoms with Crippen molar-refractivity contribution in [1.29, 1.82) is 5.26 Å². The van der Waals surface area contributed by atoms with Crippen molar-refractivity contribution in [2.75, 3.05) is 31.2 Å². The molecule has 6 nitrogen and oxygen atoms in total. The van der Waals surface area contributed by atoms with Crippen LogP contribution in [0.4, 0.5) is 5.95 Å². The molecule has 0 spiro atoms. The van der Waals surface area contributed by atoms with E-state index in [0.29, 0.717) is 24.6 Å². The number of morpholine rings is 1. The van der Waals surface area contributed by atoms with Crippen LogP contribution in [-0.4, -0.2) is 41.1 Å². The van der Waals surface area contributed by atoms with E-state index in [1.807, 2.05) is 57.8 Å². The van der Waals surface area contributed by atoms with Crippen LogP contribution in [0.2, 0.25) is 0 Å². The van der Waals surface area contributed by atoms with Gasteiger partial charge in [-0.25, -0.2) is 0 Å². The number of nitrogens with zero attached hydrogens (tertiary/aromatic N) is 5. The Morgan fingerprint density at radius 2 is 1.96 bits per heavy atom. The molecule has 130 valence electrons. The minimum absolute atomic E-state index is 0.485. The molecule has 1 saturated heterocycles. The van der Waals surface area contributed by atoms with Crippen molar-refractivity contribution < 1.29 is 4.74 Å². The van der Waals surface area contributed by atoms with Crippen molar-refractivity contribution in [2.24, 2.45) is 0 Å². The summed E-state index contributed by atoms with van der Waals surface area (Å²) in [6.07, 6.45) is 1.85. The zero-order valence-corrected chi connectivity index (χ0v) is 14.9. The topological polar surface area (TPSA) is 67.0 Å². The Bertz CT molecular complexity index is 934. The fourth-order valence-corrected chi connectivity index (χ4v) is 3.52. The van der Waals surface area contributed by atoms with E-state index in [2.05, 4.69) is 21.2 Å². The van der Waals surface area contributed by atoms with Gasteiger partial charge in [-0.3, -0.25) is 4.57 Å². The fraction of sp³-hybridized carbons (Fsp3) is 0.211. The number of allylic oxidation sites excluding steroid dienone is 1. The average Bonchev–Trinajstić information content (AvgIpc) is 3.37. The van der Waals surface area contributed by atoms with E-state index in [4.69, 9.17) is 4.74 Å². The summed E-state index contributed by atoms with van der Waals surface area (Å²) in [5.74, 6) is 1.28. The van der Waals surface area contributed by atoms with Crippen molar-refractivity contribution in [1.82, 2.24) is 14.8 Å². The SMILES string of the molecule is N#C/C(=C\c1ccsc1)c1nnc(N2CCOCC2)n1-c1ccccc1. The molecule has 7 heteroatoms. The second kappa shape index (κ2) is 7.52. The molecule has 0 aliphatic carbocycles. The van der Waals surface area contributed by atoms with Crippen LogP contribution in [-0.2, 0) is 4.74 Å². The largest absolute Gasteiger partial charge is 0.378 e. The average molecular weight is 363 g/mol. The van der Waals surface area contributed by atoms with Gasteiger partial charge in [-0.15, -0.1) is 10.2 Å². The van der Waals surface area contributed by atoms with Gasteiger partial charge in [-0.05, 0) is 40.6 Å². The zero-order chi connectivity index (χ0) is 17.8. The molecule has 0 atom stereocenters. The third-order valence-electron chi connectivity index (χ3n) is 4.17. The monoisotopic (exact) mass is 363 g/mol. The minimum atomic E-state index is 0.485. The van der Waals surface area contributed by atoms with Gasteiger partial charge in [0.15, 0.2) is 5.82 Å². The summed E-state index contributed by atoms with van der Waals surface area (Å²) in [6, 6.07) is 14.2. The molecule has 1 fully saturated rings. The third kappa shape index (κ3) is 3.25. The molecule has 0 saturated carbocycles. The maximum atomic E-state index is 9.74. The first-order valence-corrected chi connectivity index (χ1v) is 9.29. The number of anilines is 1. The van der Waals surface area contributed by atoms with E-state index in [1.165, 1.54) is 0 Å². The molecular formula is C19H17N5OS. The molecule has 1 aliphatic heterocycles. The van der Waals surface area contributed by atoms with Crippen molar-refractivity contribution in [3.05, 3.63) is 58.5 Å². The first-order chi connectivity index (χ1) is 12.9. The lowest BCUT2D eigenvalue weighted by atomic mass is 10.2. The molecule has 1 aromatic carbocycles. The summed E-state index contributed by atoms with van der Waals surface area (Å²) in [5, 5.41) is 22.5. The Balaban J connectivity index is 1.84. The van der Waals surface area contributed by atoms with Crippen LogP contribution in [0.1, 0.15) is 11.4 Å². The molecule has 4 rings (SSSR count). The number of aromatic nitrogens is 3. The van der Waals surface area contributed by atoms with Gasteiger partial charge in [0, 0.05) is 13.1 Å². The highest BCUT2D eigenvalue weighted by molar-refractivity contribution is 7.08. The lowest BCUT2D eigenvalue weighted by Crippen LogP contribution is -2.38. The second-order valence-electron chi connectivity index (χ2n) is 5.82. The highest BCUT2D eigenvalue weighted by Gasteiger charge is 2.23. The van der Waals surface area contributed by atoms with E-state index < -0.39 is 0 Å². The van der Waals surface area contributed by atoms with Crippen LogP contribution in [0.3, 0.4) is 0 Å².